The highest BCUT2D eigenvalue weighted by molar-refractivity contribution is 6.02. The topological polar surface area (TPSA) is 108 Å². The van der Waals surface area contributed by atoms with E-state index in [1.807, 2.05) is 60.7 Å². The summed E-state index contributed by atoms with van der Waals surface area (Å²) in [4.78, 5) is 42.7. The Morgan fingerprint density at radius 2 is 1.68 bits per heavy atom. The van der Waals surface area contributed by atoms with E-state index in [9.17, 15) is 14.4 Å². The number of likely N-dealkylation sites (tertiary alicyclic amines) is 1. The molecule has 3 saturated heterocycles. The van der Waals surface area contributed by atoms with Crippen LogP contribution in [0.4, 0.5) is 5.69 Å². The summed E-state index contributed by atoms with van der Waals surface area (Å²) in [7, 11) is 0. The second-order valence-electron chi connectivity index (χ2n) is 10.3. The van der Waals surface area contributed by atoms with Gasteiger partial charge in [0.05, 0.1) is 17.9 Å². The lowest BCUT2D eigenvalue weighted by Crippen LogP contribution is -2.55. The molecule has 0 radical (unpaired) electrons. The van der Waals surface area contributed by atoms with Gasteiger partial charge in [0.25, 0.3) is 0 Å². The van der Waals surface area contributed by atoms with Crippen LogP contribution in [0.25, 0.3) is 0 Å². The minimum Gasteiger partial charge on any atom is -0.396 e. The molecular formula is C29H35N3O5. The SMILES string of the molecule is O=C(NCc1ccccc1)C1N(CCCCCCO)C(=O)[C@@H]2[C@H](C(=O)Nc3ccccc3)[C@@H]3CCC12O3. The van der Waals surface area contributed by atoms with E-state index in [4.69, 9.17) is 9.84 Å². The molecule has 196 valence electrons. The van der Waals surface area contributed by atoms with Crippen molar-refractivity contribution in [1.82, 2.24) is 10.2 Å². The molecule has 3 fully saturated rings. The molecule has 3 aliphatic rings. The van der Waals surface area contributed by atoms with Gasteiger partial charge in [0.1, 0.15) is 11.6 Å². The lowest BCUT2D eigenvalue weighted by Gasteiger charge is -2.33. The Kier molecular flexibility index (Phi) is 7.58. The fraction of sp³-hybridized carbons (Fsp3) is 0.483. The van der Waals surface area contributed by atoms with E-state index >= 15 is 0 Å². The molecule has 3 aliphatic heterocycles. The maximum absolute atomic E-state index is 13.9. The monoisotopic (exact) mass is 505 g/mol. The third-order valence-corrected chi connectivity index (χ3v) is 8.01. The van der Waals surface area contributed by atoms with E-state index in [1.165, 1.54) is 0 Å². The van der Waals surface area contributed by atoms with Crippen molar-refractivity contribution >= 4 is 23.4 Å². The van der Waals surface area contributed by atoms with Crippen LogP contribution in [0, 0.1) is 11.8 Å². The van der Waals surface area contributed by atoms with E-state index in [1.54, 1.807) is 4.90 Å². The van der Waals surface area contributed by atoms with Crippen molar-refractivity contribution in [1.29, 1.82) is 0 Å². The average Bonchev–Trinajstić information content (AvgIpc) is 3.56. The number of hydrogen-bond acceptors (Lipinski definition) is 5. The molecule has 5 rings (SSSR count). The minimum atomic E-state index is -0.994. The number of nitrogens with zero attached hydrogens (tertiary/aromatic N) is 1. The second kappa shape index (κ2) is 11.0. The van der Waals surface area contributed by atoms with Crippen LogP contribution in [-0.4, -0.2) is 58.6 Å². The number of amides is 3. The normalized spacial score (nSPS) is 27.8. The summed E-state index contributed by atoms with van der Waals surface area (Å²) < 4.78 is 6.47. The lowest BCUT2D eigenvalue weighted by atomic mass is 9.70. The summed E-state index contributed by atoms with van der Waals surface area (Å²) in [6.45, 7) is 0.926. The smallest absolute Gasteiger partial charge is 0.246 e. The number of para-hydroxylation sites is 1. The molecule has 2 unspecified atom stereocenters. The maximum Gasteiger partial charge on any atom is 0.246 e. The van der Waals surface area contributed by atoms with E-state index in [0.717, 1.165) is 24.8 Å². The minimum absolute atomic E-state index is 0.145. The van der Waals surface area contributed by atoms with Crippen LogP contribution in [0.1, 0.15) is 44.1 Å². The first-order chi connectivity index (χ1) is 18.0. The van der Waals surface area contributed by atoms with Gasteiger partial charge in [0.2, 0.25) is 17.7 Å². The number of hydrogen-bond donors (Lipinski definition) is 3. The van der Waals surface area contributed by atoms with E-state index in [-0.39, 0.29) is 30.4 Å². The van der Waals surface area contributed by atoms with Gasteiger partial charge in [-0.3, -0.25) is 14.4 Å². The number of fused-ring (bicyclic) bond motifs is 1. The summed E-state index contributed by atoms with van der Waals surface area (Å²) in [6, 6.07) is 18.1. The highest BCUT2D eigenvalue weighted by Crippen LogP contribution is 2.58. The van der Waals surface area contributed by atoms with Gasteiger partial charge in [-0.05, 0) is 43.4 Å². The summed E-state index contributed by atoms with van der Waals surface area (Å²) in [5.74, 6) is -1.95. The van der Waals surface area contributed by atoms with Gasteiger partial charge in [-0.25, -0.2) is 0 Å². The molecule has 2 bridgehead atoms. The van der Waals surface area contributed by atoms with Gasteiger partial charge in [0, 0.05) is 25.4 Å². The molecule has 0 aromatic heterocycles. The van der Waals surface area contributed by atoms with Gasteiger partial charge >= 0.3 is 0 Å². The highest BCUT2D eigenvalue weighted by atomic mass is 16.5. The summed E-state index contributed by atoms with van der Waals surface area (Å²) in [5.41, 5.74) is 0.654. The Hall–Kier alpha value is -3.23. The molecule has 1 spiro atoms. The molecule has 3 N–H and O–H groups in total. The number of carbonyl (C=O) groups is 3. The second-order valence-corrected chi connectivity index (χ2v) is 10.3. The predicted octanol–water partition coefficient (Wildman–Crippen LogP) is 2.87. The molecule has 2 aromatic carbocycles. The summed E-state index contributed by atoms with van der Waals surface area (Å²) in [6.07, 6.45) is 3.99. The van der Waals surface area contributed by atoms with Crippen LogP contribution in [0.2, 0.25) is 0 Å². The van der Waals surface area contributed by atoms with Crippen molar-refractivity contribution < 1.29 is 24.2 Å². The quantitative estimate of drug-likeness (QED) is 0.407. The number of rotatable bonds is 11. The summed E-state index contributed by atoms with van der Waals surface area (Å²) in [5, 5.41) is 15.1. The van der Waals surface area contributed by atoms with Crippen LogP contribution in [0.15, 0.2) is 60.7 Å². The van der Waals surface area contributed by atoms with Crippen molar-refractivity contribution in [2.24, 2.45) is 11.8 Å². The number of benzene rings is 2. The number of anilines is 1. The Morgan fingerprint density at radius 1 is 0.973 bits per heavy atom. The number of unbranched alkanes of at least 4 members (excludes halogenated alkanes) is 3. The number of nitrogens with one attached hydrogen (secondary N) is 2. The van der Waals surface area contributed by atoms with Crippen molar-refractivity contribution in [3.63, 3.8) is 0 Å². The predicted molar refractivity (Wildman–Crippen MR) is 138 cm³/mol. The van der Waals surface area contributed by atoms with Crippen LogP contribution in [-0.2, 0) is 25.7 Å². The first-order valence-corrected chi connectivity index (χ1v) is 13.3. The van der Waals surface area contributed by atoms with Gasteiger partial charge in [0.15, 0.2) is 0 Å². The highest BCUT2D eigenvalue weighted by Gasteiger charge is 2.74. The van der Waals surface area contributed by atoms with Crippen molar-refractivity contribution in [2.75, 3.05) is 18.5 Å². The third kappa shape index (κ3) is 4.88. The number of carbonyl (C=O) groups excluding carboxylic acids is 3. The lowest BCUT2D eigenvalue weighted by molar-refractivity contribution is -0.141. The number of aliphatic hydroxyl groups excluding tert-OH is 1. The third-order valence-electron chi connectivity index (χ3n) is 8.01. The fourth-order valence-corrected chi connectivity index (χ4v) is 6.37. The molecule has 3 heterocycles. The zero-order valence-corrected chi connectivity index (χ0v) is 21.0. The van der Waals surface area contributed by atoms with E-state index < -0.39 is 23.5 Å². The Morgan fingerprint density at radius 3 is 2.41 bits per heavy atom. The van der Waals surface area contributed by atoms with Crippen LogP contribution in [0.3, 0.4) is 0 Å². The van der Waals surface area contributed by atoms with Crippen LogP contribution < -0.4 is 10.6 Å². The van der Waals surface area contributed by atoms with Gasteiger partial charge < -0.3 is 25.4 Å². The van der Waals surface area contributed by atoms with Crippen molar-refractivity contribution in [2.45, 2.75) is 62.8 Å². The average molecular weight is 506 g/mol. The van der Waals surface area contributed by atoms with Gasteiger partial charge in [-0.1, -0.05) is 61.4 Å². The maximum atomic E-state index is 13.9. The van der Waals surface area contributed by atoms with Crippen molar-refractivity contribution in [3.8, 4) is 0 Å². The van der Waals surface area contributed by atoms with Crippen molar-refractivity contribution in [3.05, 3.63) is 66.2 Å². The Balaban J connectivity index is 1.38. The number of aliphatic hydroxyl groups is 1. The van der Waals surface area contributed by atoms with Crippen LogP contribution in [0.5, 0.6) is 0 Å². The largest absolute Gasteiger partial charge is 0.396 e. The molecule has 3 amide bonds. The fourth-order valence-electron chi connectivity index (χ4n) is 6.37. The first-order valence-electron chi connectivity index (χ1n) is 13.3. The molecule has 0 aliphatic carbocycles. The summed E-state index contributed by atoms with van der Waals surface area (Å²) >= 11 is 0. The van der Waals surface area contributed by atoms with Gasteiger partial charge in [-0.15, -0.1) is 0 Å². The zero-order chi connectivity index (χ0) is 25.8. The molecule has 5 atom stereocenters. The van der Waals surface area contributed by atoms with E-state index in [2.05, 4.69) is 10.6 Å². The van der Waals surface area contributed by atoms with Crippen LogP contribution >= 0.6 is 0 Å². The van der Waals surface area contributed by atoms with E-state index in [0.29, 0.717) is 38.0 Å². The zero-order valence-electron chi connectivity index (χ0n) is 21.0. The van der Waals surface area contributed by atoms with Gasteiger partial charge in [-0.2, -0.15) is 0 Å². The molecular weight excluding hydrogens is 470 g/mol. The standard InChI is InChI=1S/C29H35N3O5/c33-18-10-2-1-9-17-32-25(27(35)30-19-20-11-5-3-6-12-20)29-16-15-22(37-29)23(24(29)28(32)36)26(34)31-21-13-7-4-8-14-21/h3-8,11-14,22-25,33H,1-2,9-10,15-19H2,(H,30,35)(H,31,34)/t22-,23+,24-,25?,29?/m0/s1. The molecule has 8 nitrogen and oxygen atoms in total. The molecule has 0 saturated carbocycles. The first kappa shape index (κ1) is 25.4. The molecule has 37 heavy (non-hydrogen) atoms. The Bertz CT molecular complexity index is 1110. The molecule has 2 aromatic rings. The number of ether oxygens (including phenoxy) is 1. The molecule has 8 heteroatoms. The Labute approximate surface area is 217 Å².